The van der Waals surface area contributed by atoms with Gasteiger partial charge in [-0.25, -0.2) is 0 Å². The molecular formula is C16H16ClNO3. The number of carbonyl (C=O) groups excluding carboxylic acids is 2. The van der Waals surface area contributed by atoms with E-state index in [0.29, 0.717) is 5.02 Å². The van der Waals surface area contributed by atoms with Crippen molar-refractivity contribution in [2.24, 2.45) is 23.7 Å². The van der Waals surface area contributed by atoms with Crippen LogP contribution in [-0.2, 0) is 14.3 Å². The molecule has 1 saturated heterocycles. The molecule has 0 spiro atoms. The van der Waals surface area contributed by atoms with E-state index in [1.807, 2.05) is 19.1 Å². The summed E-state index contributed by atoms with van der Waals surface area (Å²) >= 11 is 6.08. The zero-order valence-corrected chi connectivity index (χ0v) is 12.4. The lowest BCUT2D eigenvalue weighted by atomic mass is 9.79. The second kappa shape index (κ2) is 4.47. The van der Waals surface area contributed by atoms with Crippen LogP contribution in [0.4, 0.5) is 5.69 Å². The van der Waals surface area contributed by atoms with E-state index < -0.39 is 0 Å². The molecule has 0 aromatic heterocycles. The molecule has 2 aliphatic carbocycles. The van der Waals surface area contributed by atoms with Gasteiger partial charge in [-0.1, -0.05) is 17.7 Å². The second-order valence-electron chi connectivity index (χ2n) is 6.32. The van der Waals surface area contributed by atoms with E-state index in [2.05, 4.69) is 5.32 Å². The average Bonchev–Trinajstić information content (AvgIpc) is 3.05. The molecular weight excluding hydrogens is 290 g/mol. The zero-order chi connectivity index (χ0) is 14.7. The maximum absolute atomic E-state index is 12.6. The van der Waals surface area contributed by atoms with E-state index in [1.54, 1.807) is 6.07 Å². The van der Waals surface area contributed by atoms with Gasteiger partial charge in [0.1, 0.15) is 6.10 Å². The lowest BCUT2D eigenvalue weighted by Crippen LogP contribution is -2.36. The van der Waals surface area contributed by atoms with Crippen molar-refractivity contribution >= 4 is 29.2 Å². The Morgan fingerprint density at radius 2 is 2.19 bits per heavy atom. The first-order chi connectivity index (χ1) is 10.1. The number of ether oxygens (including phenoxy) is 1. The Labute approximate surface area is 127 Å². The quantitative estimate of drug-likeness (QED) is 0.855. The molecule has 1 N–H and O–H groups in total. The normalized spacial score (nSPS) is 35.9. The molecule has 21 heavy (non-hydrogen) atoms. The third kappa shape index (κ3) is 1.81. The van der Waals surface area contributed by atoms with Gasteiger partial charge in [0.05, 0.1) is 11.8 Å². The SMILES string of the molecule is Cc1c(Cl)cccc1NC(=O)[C@H]1[C@@H]2C[C@@H]3[C@@H]1C(=O)O[C@@H]3C2. The number of rotatable bonds is 2. The summed E-state index contributed by atoms with van der Waals surface area (Å²) in [6, 6.07) is 5.44. The summed E-state index contributed by atoms with van der Waals surface area (Å²) in [6.45, 7) is 1.87. The van der Waals surface area contributed by atoms with Gasteiger partial charge in [-0.3, -0.25) is 9.59 Å². The minimum absolute atomic E-state index is 0.0597. The first kappa shape index (κ1) is 13.1. The Bertz CT molecular complexity index is 642. The molecule has 1 amide bonds. The second-order valence-corrected chi connectivity index (χ2v) is 6.73. The van der Waals surface area contributed by atoms with Gasteiger partial charge < -0.3 is 10.1 Å². The van der Waals surface area contributed by atoms with Gasteiger partial charge in [0.15, 0.2) is 0 Å². The highest BCUT2D eigenvalue weighted by molar-refractivity contribution is 6.31. The van der Waals surface area contributed by atoms with E-state index in [-0.39, 0.29) is 41.7 Å². The summed E-state index contributed by atoms with van der Waals surface area (Å²) in [5, 5.41) is 3.58. The maximum atomic E-state index is 12.6. The number of halogens is 1. The van der Waals surface area contributed by atoms with Crippen molar-refractivity contribution in [1.82, 2.24) is 0 Å². The first-order valence-electron chi connectivity index (χ1n) is 7.32. The molecule has 2 bridgehead atoms. The summed E-state index contributed by atoms with van der Waals surface area (Å²) in [5.74, 6) is -0.231. The minimum Gasteiger partial charge on any atom is -0.462 e. The van der Waals surface area contributed by atoms with Crippen molar-refractivity contribution in [3.8, 4) is 0 Å². The van der Waals surface area contributed by atoms with Crippen LogP contribution in [0.15, 0.2) is 18.2 Å². The fourth-order valence-corrected chi connectivity index (χ4v) is 4.50. The number of anilines is 1. The van der Waals surface area contributed by atoms with Gasteiger partial charge in [0, 0.05) is 16.6 Å². The van der Waals surface area contributed by atoms with E-state index >= 15 is 0 Å². The van der Waals surface area contributed by atoms with Gasteiger partial charge in [0.25, 0.3) is 0 Å². The summed E-state index contributed by atoms with van der Waals surface area (Å²) in [7, 11) is 0. The van der Waals surface area contributed by atoms with Gasteiger partial charge in [-0.05, 0) is 43.4 Å². The highest BCUT2D eigenvalue weighted by Gasteiger charge is 2.63. The van der Waals surface area contributed by atoms with Gasteiger partial charge >= 0.3 is 5.97 Å². The third-order valence-electron chi connectivity index (χ3n) is 5.31. The smallest absolute Gasteiger partial charge is 0.310 e. The van der Waals surface area contributed by atoms with Crippen molar-refractivity contribution < 1.29 is 14.3 Å². The summed E-state index contributed by atoms with van der Waals surface area (Å²) < 4.78 is 5.37. The fraction of sp³-hybridized carbons (Fsp3) is 0.500. The Hall–Kier alpha value is -1.55. The molecule has 4 nitrogen and oxygen atoms in total. The van der Waals surface area contributed by atoms with E-state index in [9.17, 15) is 9.59 Å². The van der Waals surface area contributed by atoms with Crippen molar-refractivity contribution in [2.75, 3.05) is 5.32 Å². The predicted octanol–water partition coefficient (Wildman–Crippen LogP) is 2.78. The van der Waals surface area contributed by atoms with Crippen LogP contribution in [0, 0.1) is 30.6 Å². The van der Waals surface area contributed by atoms with Crippen LogP contribution in [-0.4, -0.2) is 18.0 Å². The number of fused-ring (bicyclic) bond motifs is 1. The molecule has 2 saturated carbocycles. The van der Waals surface area contributed by atoms with Crippen molar-refractivity contribution in [2.45, 2.75) is 25.9 Å². The molecule has 5 heteroatoms. The molecule has 5 atom stereocenters. The van der Waals surface area contributed by atoms with Crippen LogP contribution >= 0.6 is 11.6 Å². The maximum Gasteiger partial charge on any atom is 0.310 e. The highest BCUT2D eigenvalue weighted by atomic mass is 35.5. The van der Waals surface area contributed by atoms with Gasteiger partial charge in [-0.2, -0.15) is 0 Å². The lowest BCUT2D eigenvalue weighted by molar-refractivity contribution is -0.145. The molecule has 3 fully saturated rings. The topological polar surface area (TPSA) is 55.4 Å². The van der Waals surface area contributed by atoms with Crippen LogP contribution in [0.25, 0.3) is 0 Å². The number of hydrogen-bond donors (Lipinski definition) is 1. The number of amides is 1. The van der Waals surface area contributed by atoms with Crippen molar-refractivity contribution in [3.05, 3.63) is 28.8 Å². The number of nitrogens with one attached hydrogen (secondary N) is 1. The third-order valence-corrected chi connectivity index (χ3v) is 5.72. The van der Waals surface area contributed by atoms with E-state index in [1.165, 1.54) is 0 Å². The zero-order valence-electron chi connectivity index (χ0n) is 11.6. The molecule has 3 aliphatic rings. The number of carbonyl (C=O) groups is 2. The lowest BCUT2D eigenvalue weighted by Gasteiger charge is -2.24. The summed E-state index contributed by atoms with van der Waals surface area (Å²) in [6.07, 6.45) is 1.83. The molecule has 4 rings (SSSR count). The minimum atomic E-state index is -0.250. The predicted molar refractivity (Wildman–Crippen MR) is 77.9 cm³/mol. The first-order valence-corrected chi connectivity index (χ1v) is 7.70. The molecule has 1 heterocycles. The van der Waals surface area contributed by atoms with Crippen LogP contribution < -0.4 is 5.32 Å². The van der Waals surface area contributed by atoms with Crippen LogP contribution in [0.5, 0.6) is 0 Å². The standard InChI is InChI=1S/C16H16ClNO3/c1-7-10(17)3-2-4-11(7)18-15(19)13-8-5-9-12(6-8)21-16(20)14(9)13/h2-4,8-9,12-14H,5-6H2,1H3,(H,18,19)/t8-,9+,12-,13+,14+/m1/s1. The Balaban J connectivity index is 1.59. The Kier molecular flexibility index (Phi) is 2.80. The Morgan fingerprint density at radius 3 is 3.00 bits per heavy atom. The van der Waals surface area contributed by atoms with Crippen LogP contribution in [0.1, 0.15) is 18.4 Å². The summed E-state index contributed by atoms with van der Waals surface area (Å²) in [4.78, 5) is 24.6. The molecule has 1 aromatic rings. The van der Waals surface area contributed by atoms with Crippen molar-refractivity contribution in [1.29, 1.82) is 0 Å². The number of benzene rings is 1. The average molecular weight is 306 g/mol. The van der Waals surface area contributed by atoms with Crippen LogP contribution in [0.2, 0.25) is 5.02 Å². The molecule has 1 aromatic carbocycles. The Morgan fingerprint density at radius 1 is 1.38 bits per heavy atom. The van der Waals surface area contributed by atoms with E-state index in [0.717, 1.165) is 24.1 Å². The number of esters is 1. The molecule has 110 valence electrons. The number of hydrogen-bond acceptors (Lipinski definition) is 3. The molecule has 1 aliphatic heterocycles. The largest absolute Gasteiger partial charge is 0.462 e. The van der Waals surface area contributed by atoms with Gasteiger partial charge in [-0.15, -0.1) is 0 Å². The van der Waals surface area contributed by atoms with E-state index in [4.69, 9.17) is 16.3 Å². The highest BCUT2D eigenvalue weighted by Crippen LogP contribution is 2.57. The molecule has 0 radical (unpaired) electrons. The van der Waals surface area contributed by atoms with Gasteiger partial charge in [0.2, 0.25) is 5.91 Å². The van der Waals surface area contributed by atoms with Crippen LogP contribution in [0.3, 0.4) is 0 Å². The summed E-state index contributed by atoms with van der Waals surface area (Å²) in [5.41, 5.74) is 1.57. The fourth-order valence-electron chi connectivity index (χ4n) is 4.32. The monoisotopic (exact) mass is 305 g/mol. The molecule has 0 unspecified atom stereocenters. The van der Waals surface area contributed by atoms with Crippen molar-refractivity contribution in [3.63, 3.8) is 0 Å².